The van der Waals surface area contributed by atoms with E-state index in [4.69, 9.17) is 4.52 Å². The summed E-state index contributed by atoms with van der Waals surface area (Å²) in [6, 6.07) is 12.5. The molecule has 0 radical (unpaired) electrons. The molecular weight excluding hydrogens is 486 g/mol. The second kappa shape index (κ2) is 8.75. The molecule has 6 nitrogen and oxygen atoms in total. The molecule has 0 bridgehead atoms. The van der Waals surface area contributed by atoms with Crippen LogP contribution in [-0.2, 0) is 22.0 Å². The standard InChI is InChI=1S/C27H30F2N2O4S/c1-17-11-25(35-30-17)27(15-26(3,32)16-27)21-13-22(28)20(12-23(21)29)14-31-18(2)9-10-24(36(31,33)34)19-7-5-4-6-8-19/h4-8,11-13,18,24,32H,9-10,14-16H2,1-3H3/t18-,24+,26-,27-/m0/s1. The highest BCUT2D eigenvalue weighted by Crippen LogP contribution is 2.55. The Morgan fingerprint density at radius 3 is 2.42 bits per heavy atom. The summed E-state index contributed by atoms with van der Waals surface area (Å²) in [5, 5.41) is 13.6. The van der Waals surface area contributed by atoms with Gasteiger partial charge >= 0.3 is 0 Å². The van der Waals surface area contributed by atoms with Gasteiger partial charge in [0, 0.05) is 29.8 Å². The third kappa shape index (κ3) is 4.17. The van der Waals surface area contributed by atoms with Crippen LogP contribution in [0.3, 0.4) is 0 Å². The van der Waals surface area contributed by atoms with Gasteiger partial charge in [0.2, 0.25) is 10.0 Å². The summed E-state index contributed by atoms with van der Waals surface area (Å²) in [5.41, 5.74) is -0.759. The van der Waals surface area contributed by atoms with E-state index in [1.165, 1.54) is 4.31 Å². The van der Waals surface area contributed by atoms with E-state index < -0.39 is 37.9 Å². The summed E-state index contributed by atoms with van der Waals surface area (Å²) in [5.74, 6) is -0.995. The molecule has 3 aromatic rings. The number of sulfonamides is 1. The van der Waals surface area contributed by atoms with Crippen LogP contribution in [0.2, 0.25) is 0 Å². The van der Waals surface area contributed by atoms with Crippen molar-refractivity contribution in [2.24, 2.45) is 0 Å². The molecule has 5 rings (SSSR count). The minimum absolute atomic E-state index is 0.0321. The number of aliphatic hydroxyl groups is 1. The lowest BCUT2D eigenvalue weighted by molar-refractivity contribution is -0.0698. The molecule has 2 heterocycles. The van der Waals surface area contributed by atoms with Gasteiger partial charge in [-0.3, -0.25) is 0 Å². The summed E-state index contributed by atoms with van der Waals surface area (Å²) in [6.07, 6.45) is 1.39. The van der Waals surface area contributed by atoms with E-state index in [0.717, 1.165) is 12.1 Å². The Labute approximate surface area is 210 Å². The van der Waals surface area contributed by atoms with Crippen LogP contribution in [0.1, 0.15) is 72.9 Å². The number of benzene rings is 2. The van der Waals surface area contributed by atoms with Crippen molar-refractivity contribution in [1.29, 1.82) is 0 Å². The van der Waals surface area contributed by atoms with Gasteiger partial charge in [0.1, 0.15) is 22.6 Å². The molecule has 36 heavy (non-hydrogen) atoms. The minimum atomic E-state index is -3.79. The zero-order valence-corrected chi connectivity index (χ0v) is 21.4. The Morgan fingerprint density at radius 2 is 1.81 bits per heavy atom. The molecule has 2 fully saturated rings. The molecule has 2 aromatic carbocycles. The van der Waals surface area contributed by atoms with Crippen LogP contribution in [-0.4, -0.2) is 34.6 Å². The Morgan fingerprint density at radius 1 is 1.11 bits per heavy atom. The maximum absolute atomic E-state index is 15.6. The van der Waals surface area contributed by atoms with Gasteiger partial charge in [-0.15, -0.1) is 0 Å². The zero-order chi connectivity index (χ0) is 25.9. The SMILES string of the molecule is Cc1cc([C@]2(c3cc(F)c(CN4[C@@H](C)CC[C@H](c5ccccc5)S4(=O)=O)cc3F)C[C@@](C)(O)C2)on1. The van der Waals surface area contributed by atoms with Crippen molar-refractivity contribution >= 4 is 10.0 Å². The van der Waals surface area contributed by atoms with E-state index in [1.807, 2.05) is 6.07 Å². The maximum Gasteiger partial charge on any atom is 0.221 e. The van der Waals surface area contributed by atoms with Crippen LogP contribution in [0, 0.1) is 18.6 Å². The van der Waals surface area contributed by atoms with Crippen LogP contribution < -0.4 is 0 Å². The smallest absolute Gasteiger partial charge is 0.221 e. The molecule has 1 aromatic heterocycles. The van der Waals surface area contributed by atoms with E-state index in [2.05, 4.69) is 5.16 Å². The zero-order valence-electron chi connectivity index (χ0n) is 20.5. The van der Waals surface area contributed by atoms with Crippen LogP contribution in [0.5, 0.6) is 0 Å². The van der Waals surface area contributed by atoms with E-state index >= 15 is 8.78 Å². The summed E-state index contributed by atoms with van der Waals surface area (Å²) >= 11 is 0. The van der Waals surface area contributed by atoms with Crippen LogP contribution in [0.25, 0.3) is 0 Å². The van der Waals surface area contributed by atoms with E-state index in [9.17, 15) is 13.5 Å². The largest absolute Gasteiger partial charge is 0.390 e. The van der Waals surface area contributed by atoms with E-state index in [1.54, 1.807) is 51.1 Å². The molecule has 1 saturated heterocycles. The first kappa shape index (κ1) is 25.0. The number of aromatic nitrogens is 1. The molecule has 192 valence electrons. The first-order valence-corrected chi connectivity index (χ1v) is 13.6. The molecule has 9 heteroatoms. The summed E-state index contributed by atoms with van der Waals surface area (Å²) in [6.45, 7) is 4.91. The molecule has 2 aliphatic rings. The van der Waals surface area contributed by atoms with E-state index in [-0.39, 0.29) is 36.6 Å². The number of hydrogen-bond donors (Lipinski definition) is 1. The number of nitrogens with zero attached hydrogens (tertiary/aromatic N) is 2. The van der Waals surface area contributed by atoms with Crippen LogP contribution >= 0.6 is 0 Å². The lowest BCUT2D eigenvalue weighted by Crippen LogP contribution is -2.53. The quantitative estimate of drug-likeness (QED) is 0.507. The van der Waals surface area contributed by atoms with Gasteiger partial charge in [0.05, 0.1) is 16.7 Å². The van der Waals surface area contributed by atoms with Crippen molar-refractivity contribution in [3.05, 3.63) is 88.3 Å². The molecule has 0 spiro atoms. The highest BCUT2D eigenvalue weighted by Gasteiger charge is 2.57. The van der Waals surface area contributed by atoms with Gasteiger partial charge in [0.15, 0.2) is 0 Å². The monoisotopic (exact) mass is 516 g/mol. The normalized spacial score (nSPS) is 30.2. The van der Waals surface area contributed by atoms with Crippen molar-refractivity contribution in [3.63, 3.8) is 0 Å². The molecular formula is C27H30F2N2O4S. The Hall–Kier alpha value is -2.62. The fraction of sp³-hybridized carbons (Fsp3) is 0.444. The average Bonchev–Trinajstić information content (AvgIpc) is 3.23. The summed E-state index contributed by atoms with van der Waals surface area (Å²) in [7, 11) is -3.79. The number of aryl methyl sites for hydroxylation is 1. The molecule has 1 saturated carbocycles. The van der Waals surface area contributed by atoms with Crippen molar-refractivity contribution in [3.8, 4) is 0 Å². The minimum Gasteiger partial charge on any atom is -0.390 e. The first-order chi connectivity index (χ1) is 16.9. The highest BCUT2D eigenvalue weighted by molar-refractivity contribution is 7.89. The lowest BCUT2D eigenvalue weighted by Gasteiger charge is -2.50. The summed E-state index contributed by atoms with van der Waals surface area (Å²) in [4.78, 5) is 0. The predicted molar refractivity (Wildman–Crippen MR) is 131 cm³/mol. The van der Waals surface area contributed by atoms with Crippen LogP contribution in [0.15, 0.2) is 53.1 Å². The fourth-order valence-electron chi connectivity index (χ4n) is 5.93. The van der Waals surface area contributed by atoms with Gasteiger partial charge in [-0.25, -0.2) is 17.2 Å². The molecule has 1 N–H and O–H groups in total. The third-order valence-electron chi connectivity index (χ3n) is 7.64. The highest BCUT2D eigenvalue weighted by atomic mass is 32.2. The Balaban J connectivity index is 1.49. The number of hydrogen-bond acceptors (Lipinski definition) is 5. The van der Waals surface area contributed by atoms with E-state index in [0.29, 0.717) is 29.9 Å². The van der Waals surface area contributed by atoms with Crippen molar-refractivity contribution in [2.75, 3.05) is 0 Å². The molecule has 2 atom stereocenters. The maximum atomic E-state index is 15.6. The number of rotatable bonds is 5. The fourth-order valence-corrected chi connectivity index (χ4v) is 8.12. The molecule has 0 unspecified atom stereocenters. The van der Waals surface area contributed by atoms with Crippen molar-refractivity contribution in [1.82, 2.24) is 9.46 Å². The van der Waals surface area contributed by atoms with Gasteiger partial charge < -0.3 is 9.63 Å². The van der Waals surface area contributed by atoms with Gasteiger partial charge in [0.25, 0.3) is 0 Å². The van der Waals surface area contributed by atoms with Gasteiger partial charge in [-0.2, -0.15) is 4.31 Å². The number of halogens is 2. The Kier molecular flexibility index (Phi) is 6.08. The summed E-state index contributed by atoms with van der Waals surface area (Å²) < 4.78 is 64.9. The van der Waals surface area contributed by atoms with Gasteiger partial charge in [-0.1, -0.05) is 35.5 Å². The molecule has 1 aliphatic carbocycles. The molecule has 1 aliphatic heterocycles. The van der Waals surface area contributed by atoms with Gasteiger partial charge in [-0.05, 0) is 64.2 Å². The van der Waals surface area contributed by atoms with Crippen molar-refractivity contribution < 1.29 is 26.8 Å². The topological polar surface area (TPSA) is 83.6 Å². The lowest BCUT2D eigenvalue weighted by atomic mass is 9.55. The second-order valence-corrected chi connectivity index (χ2v) is 12.7. The second-order valence-electron chi connectivity index (χ2n) is 10.6. The van der Waals surface area contributed by atoms with Crippen LogP contribution in [0.4, 0.5) is 8.78 Å². The third-order valence-corrected chi connectivity index (χ3v) is 10.0. The first-order valence-electron chi connectivity index (χ1n) is 12.1. The van der Waals surface area contributed by atoms with Crippen molar-refractivity contribution in [2.45, 2.75) is 75.3 Å². The average molecular weight is 517 g/mol. The Bertz CT molecular complexity index is 1380. The molecule has 0 amide bonds. The predicted octanol–water partition coefficient (Wildman–Crippen LogP) is 5.15.